The molecule has 20 heavy (non-hydrogen) atoms. The van der Waals surface area contributed by atoms with Crippen LogP contribution in [0.4, 0.5) is 13.2 Å². The van der Waals surface area contributed by atoms with Gasteiger partial charge in [-0.25, -0.2) is 13.2 Å². The summed E-state index contributed by atoms with van der Waals surface area (Å²) in [5.74, 6) is -1.88. The first-order chi connectivity index (χ1) is 9.58. The molecule has 0 saturated heterocycles. The largest absolute Gasteiger partial charge is 0.387 e. The lowest BCUT2D eigenvalue weighted by Crippen LogP contribution is -2.22. The second kappa shape index (κ2) is 6.54. The molecule has 0 aromatic heterocycles. The molecular formula is C15H14F3NO. The van der Waals surface area contributed by atoms with Crippen LogP contribution in [0.25, 0.3) is 0 Å². The summed E-state index contributed by atoms with van der Waals surface area (Å²) < 4.78 is 39.6. The molecule has 0 bridgehead atoms. The highest BCUT2D eigenvalue weighted by molar-refractivity contribution is 5.22. The fourth-order valence-corrected chi connectivity index (χ4v) is 1.89. The van der Waals surface area contributed by atoms with Crippen LogP contribution < -0.4 is 5.32 Å². The summed E-state index contributed by atoms with van der Waals surface area (Å²) in [5, 5.41) is 12.7. The number of benzene rings is 2. The average Bonchev–Trinajstić information content (AvgIpc) is 2.41. The van der Waals surface area contributed by atoms with E-state index in [2.05, 4.69) is 5.32 Å². The van der Waals surface area contributed by atoms with E-state index >= 15 is 0 Å². The third kappa shape index (κ3) is 3.59. The van der Waals surface area contributed by atoms with E-state index in [1.165, 1.54) is 18.2 Å². The predicted octanol–water partition coefficient (Wildman–Crippen LogP) is 2.93. The highest BCUT2D eigenvalue weighted by atomic mass is 19.1. The van der Waals surface area contributed by atoms with Crippen molar-refractivity contribution in [2.24, 2.45) is 0 Å². The molecular weight excluding hydrogens is 267 g/mol. The summed E-state index contributed by atoms with van der Waals surface area (Å²) in [6.07, 6.45) is -1.28. The second-order valence-corrected chi connectivity index (χ2v) is 4.41. The van der Waals surface area contributed by atoms with Gasteiger partial charge in [0.05, 0.1) is 11.7 Å². The molecule has 0 spiro atoms. The van der Waals surface area contributed by atoms with Crippen molar-refractivity contribution in [1.29, 1.82) is 0 Å². The zero-order chi connectivity index (χ0) is 14.5. The highest BCUT2D eigenvalue weighted by Crippen LogP contribution is 2.20. The molecule has 2 nitrogen and oxygen atoms in total. The van der Waals surface area contributed by atoms with Gasteiger partial charge >= 0.3 is 0 Å². The van der Waals surface area contributed by atoms with Gasteiger partial charge in [-0.3, -0.25) is 0 Å². The van der Waals surface area contributed by atoms with Crippen molar-refractivity contribution >= 4 is 0 Å². The highest BCUT2D eigenvalue weighted by Gasteiger charge is 2.17. The van der Waals surface area contributed by atoms with Crippen molar-refractivity contribution in [3.05, 3.63) is 71.0 Å². The van der Waals surface area contributed by atoms with Crippen LogP contribution in [-0.4, -0.2) is 11.7 Å². The SMILES string of the molecule is OC(CNCc1ccc(F)cc1)c1c(F)cccc1F. The first kappa shape index (κ1) is 14.6. The minimum Gasteiger partial charge on any atom is -0.387 e. The summed E-state index contributed by atoms with van der Waals surface area (Å²) in [6, 6.07) is 9.28. The van der Waals surface area contributed by atoms with Gasteiger partial charge in [-0.1, -0.05) is 18.2 Å². The lowest BCUT2D eigenvalue weighted by Gasteiger charge is -2.14. The number of aliphatic hydroxyl groups excluding tert-OH is 1. The van der Waals surface area contributed by atoms with Crippen LogP contribution in [0.1, 0.15) is 17.2 Å². The minimum atomic E-state index is -1.28. The Morgan fingerprint density at radius 3 is 2.15 bits per heavy atom. The Bertz CT molecular complexity index is 552. The lowest BCUT2D eigenvalue weighted by molar-refractivity contribution is 0.164. The van der Waals surface area contributed by atoms with E-state index in [4.69, 9.17) is 0 Å². The molecule has 0 aliphatic heterocycles. The monoisotopic (exact) mass is 281 g/mol. The van der Waals surface area contributed by atoms with Gasteiger partial charge in [-0.2, -0.15) is 0 Å². The van der Waals surface area contributed by atoms with Gasteiger partial charge in [0.25, 0.3) is 0 Å². The Balaban J connectivity index is 1.92. The van der Waals surface area contributed by atoms with Crippen molar-refractivity contribution in [2.75, 3.05) is 6.54 Å². The van der Waals surface area contributed by atoms with Gasteiger partial charge in [0.15, 0.2) is 0 Å². The standard InChI is InChI=1S/C15H14F3NO/c16-11-6-4-10(5-7-11)8-19-9-14(20)15-12(17)2-1-3-13(15)18/h1-7,14,19-20H,8-9H2. The molecule has 5 heteroatoms. The quantitative estimate of drug-likeness (QED) is 0.883. The zero-order valence-electron chi connectivity index (χ0n) is 10.6. The molecule has 0 amide bonds. The fourth-order valence-electron chi connectivity index (χ4n) is 1.89. The molecule has 1 unspecified atom stereocenters. The molecule has 2 rings (SSSR count). The van der Waals surface area contributed by atoms with Gasteiger partial charge < -0.3 is 10.4 Å². The normalized spacial score (nSPS) is 12.4. The van der Waals surface area contributed by atoms with E-state index in [0.29, 0.717) is 6.54 Å². The molecule has 0 aliphatic rings. The van der Waals surface area contributed by atoms with E-state index in [9.17, 15) is 18.3 Å². The molecule has 0 fully saturated rings. The number of rotatable bonds is 5. The van der Waals surface area contributed by atoms with Gasteiger partial charge in [-0.15, -0.1) is 0 Å². The smallest absolute Gasteiger partial charge is 0.131 e. The number of hydrogen-bond donors (Lipinski definition) is 2. The first-order valence-electron chi connectivity index (χ1n) is 6.15. The number of aliphatic hydroxyl groups is 1. The maximum atomic E-state index is 13.4. The number of halogens is 3. The third-order valence-electron chi connectivity index (χ3n) is 2.91. The Kier molecular flexibility index (Phi) is 4.76. The Morgan fingerprint density at radius 1 is 0.950 bits per heavy atom. The Labute approximate surface area is 114 Å². The van der Waals surface area contributed by atoms with Gasteiger partial charge in [0.1, 0.15) is 17.5 Å². The molecule has 0 radical (unpaired) electrons. The molecule has 0 aliphatic carbocycles. The van der Waals surface area contributed by atoms with Crippen molar-refractivity contribution in [1.82, 2.24) is 5.32 Å². The molecule has 2 N–H and O–H groups in total. The Morgan fingerprint density at radius 2 is 1.55 bits per heavy atom. The summed E-state index contributed by atoms with van der Waals surface area (Å²) >= 11 is 0. The predicted molar refractivity (Wildman–Crippen MR) is 69.4 cm³/mol. The van der Waals surface area contributed by atoms with Crippen molar-refractivity contribution in [2.45, 2.75) is 12.6 Å². The molecule has 106 valence electrons. The molecule has 0 heterocycles. The van der Waals surface area contributed by atoms with Crippen molar-refractivity contribution in [3.8, 4) is 0 Å². The summed E-state index contributed by atoms with van der Waals surface area (Å²) in [7, 11) is 0. The van der Waals surface area contributed by atoms with Gasteiger partial charge in [-0.05, 0) is 29.8 Å². The summed E-state index contributed by atoms with van der Waals surface area (Å²) in [4.78, 5) is 0. The van der Waals surface area contributed by atoms with E-state index in [1.54, 1.807) is 12.1 Å². The summed E-state index contributed by atoms with van der Waals surface area (Å²) in [6.45, 7) is 0.364. The maximum absolute atomic E-state index is 13.4. The van der Waals surface area contributed by atoms with E-state index in [0.717, 1.165) is 17.7 Å². The molecule has 2 aromatic rings. The van der Waals surface area contributed by atoms with Crippen molar-refractivity contribution in [3.63, 3.8) is 0 Å². The minimum absolute atomic E-state index is 0.00473. The lowest BCUT2D eigenvalue weighted by atomic mass is 10.1. The zero-order valence-corrected chi connectivity index (χ0v) is 10.6. The van der Waals surface area contributed by atoms with Crippen LogP contribution in [0.3, 0.4) is 0 Å². The van der Waals surface area contributed by atoms with Crippen LogP contribution in [0.5, 0.6) is 0 Å². The van der Waals surface area contributed by atoms with E-state index in [-0.39, 0.29) is 17.9 Å². The molecule has 2 aromatic carbocycles. The van der Waals surface area contributed by atoms with Gasteiger partial charge in [0.2, 0.25) is 0 Å². The van der Waals surface area contributed by atoms with E-state index < -0.39 is 17.7 Å². The first-order valence-corrected chi connectivity index (χ1v) is 6.15. The summed E-state index contributed by atoms with van der Waals surface area (Å²) in [5.41, 5.74) is 0.465. The van der Waals surface area contributed by atoms with Crippen LogP contribution in [0, 0.1) is 17.5 Å². The third-order valence-corrected chi connectivity index (χ3v) is 2.91. The number of nitrogens with one attached hydrogen (secondary N) is 1. The van der Waals surface area contributed by atoms with Crippen molar-refractivity contribution < 1.29 is 18.3 Å². The molecule has 0 saturated carbocycles. The fraction of sp³-hybridized carbons (Fsp3) is 0.200. The number of hydrogen-bond acceptors (Lipinski definition) is 2. The van der Waals surface area contributed by atoms with Crippen LogP contribution >= 0.6 is 0 Å². The second-order valence-electron chi connectivity index (χ2n) is 4.41. The van der Waals surface area contributed by atoms with Gasteiger partial charge in [0, 0.05) is 13.1 Å². The van der Waals surface area contributed by atoms with E-state index in [1.807, 2.05) is 0 Å². The maximum Gasteiger partial charge on any atom is 0.131 e. The van der Waals surface area contributed by atoms with Crippen LogP contribution in [0.2, 0.25) is 0 Å². The van der Waals surface area contributed by atoms with Crippen LogP contribution in [-0.2, 0) is 6.54 Å². The topological polar surface area (TPSA) is 32.3 Å². The molecule has 1 atom stereocenters. The average molecular weight is 281 g/mol. The Hall–Kier alpha value is -1.85. The van der Waals surface area contributed by atoms with Crippen LogP contribution in [0.15, 0.2) is 42.5 Å².